The van der Waals surface area contributed by atoms with Crippen LogP contribution in [-0.2, 0) is 9.53 Å². The quantitative estimate of drug-likeness (QED) is 0.721. The molecule has 2 unspecified atom stereocenters. The number of esters is 1. The van der Waals surface area contributed by atoms with Crippen molar-refractivity contribution in [3.63, 3.8) is 0 Å². The molecule has 0 spiro atoms. The zero-order chi connectivity index (χ0) is 12.8. The molecule has 3 rings (SSSR count). The number of rotatable bonds is 1. The Bertz CT molecular complexity index is 325. The van der Waals surface area contributed by atoms with E-state index in [-0.39, 0.29) is 12.5 Å². The van der Waals surface area contributed by atoms with E-state index >= 15 is 0 Å². The van der Waals surface area contributed by atoms with Crippen molar-refractivity contribution in [1.29, 1.82) is 0 Å². The van der Waals surface area contributed by atoms with Gasteiger partial charge >= 0.3 is 5.97 Å². The third-order valence-corrected chi connectivity index (χ3v) is 3.37. The first kappa shape index (κ1) is 12.7. The van der Waals surface area contributed by atoms with E-state index < -0.39 is 29.5 Å². The maximum absolute atomic E-state index is 13.7. The largest absolute Gasteiger partial charge is 0.459 e. The molecule has 2 saturated heterocycles. The predicted octanol–water partition coefficient (Wildman–Crippen LogP) is 2.10. The molecule has 3 fully saturated rings. The summed E-state index contributed by atoms with van der Waals surface area (Å²) in [5, 5.41) is 2.98. The van der Waals surface area contributed by atoms with Crippen LogP contribution >= 0.6 is 0 Å². The summed E-state index contributed by atoms with van der Waals surface area (Å²) in [6.07, 6.45) is 0.963. The molecule has 3 aliphatic rings. The zero-order valence-corrected chi connectivity index (χ0v) is 10.4. The van der Waals surface area contributed by atoms with E-state index in [4.69, 9.17) is 4.74 Å². The van der Waals surface area contributed by atoms with Gasteiger partial charge in [0.15, 0.2) is 0 Å². The number of carbonyl (C=O) groups is 1. The molecule has 1 saturated carbocycles. The molecule has 0 aromatic heterocycles. The Kier molecular flexibility index (Phi) is 2.92. The van der Waals surface area contributed by atoms with E-state index in [2.05, 4.69) is 5.32 Å². The van der Waals surface area contributed by atoms with Crippen LogP contribution in [0.25, 0.3) is 0 Å². The van der Waals surface area contributed by atoms with E-state index in [0.717, 1.165) is 6.42 Å². The second-order valence-corrected chi connectivity index (χ2v) is 6.02. The topological polar surface area (TPSA) is 38.3 Å². The van der Waals surface area contributed by atoms with Crippen LogP contribution in [0.4, 0.5) is 8.78 Å². The average molecular weight is 247 g/mol. The van der Waals surface area contributed by atoms with E-state index in [0.29, 0.717) is 6.42 Å². The van der Waals surface area contributed by atoms with Crippen LogP contribution in [0, 0.1) is 5.92 Å². The van der Waals surface area contributed by atoms with E-state index in [1.807, 2.05) is 0 Å². The molecule has 2 bridgehead atoms. The molecule has 0 aromatic rings. The van der Waals surface area contributed by atoms with Gasteiger partial charge in [0.25, 0.3) is 5.92 Å². The summed E-state index contributed by atoms with van der Waals surface area (Å²) >= 11 is 0. The Hall–Kier alpha value is -0.710. The molecule has 2 heterocycles. The van der Waals surface area contributed by atoms with Crippen molar-refractivity contribution < 1.29 is 18.3 Å². The van der Waals surface area contributed by atoms with E-state index in [9.17, 15) is 13.6 Å². The van der Waals surface area contributed by atoms with Gasteiger partial charge in [-0.2, -0.15) is 0 Å². The number of hydrogen-bond acceptors (Lipinski definition) is 3. The summed E-state index contributed by atoms with van der Waals surface area (Å²) in [7, 11) is 0. The summed E-state index contributed by atoms with van der Waals surface area (Å²) in [5.41, 5.74) is -0.634. The Morgan fingerprint density at radius 1 is 1.35 bits per heavy atom. The predicted molar refractivity (Wildman–Crippen MR) is 58.8 cm³/mol. The molecule has 3 atom stereocenters. The first-order valence-corrected chi connectivity index (χ1v) is 6.06. The lowest BCUT2D eigenvalue weighted by molar-refractivity contribution is -0.179. The number of alkyl halides is 2. The number of piperidine rings is 2. The van der Waals surface area contributed by atoms with Crippen LogP contribution in [-0.4, -0.2) is 29.6 Å². The summed E-state index contributed by atoms with van der Waals surface area (Å²) in [6.45, 7) is 5.22. The molecule has 3 nitrogen and oxygen atoms in total. The number of fused-ring (bicyclic) bond motifs is 3. The van der Waals surface area contributed by atoms with E-state index in [1.165, 1.54) is 0 Å². The van der Waals surface area contributed by atoms with Gasteiger partial charge in [0, 0.05) is 18.4 Å². The minimum absolute atomic E-state index is 0.156. The smallest absolute Gasteiger partial charge is 0.324 e. The van der Waals surface area contributed by atoms with Crippen molar-refractivity contribution in [1.82, 2.24) is 5.32 Å². The zero-order valence-electron chi connectivity index (χ0n) is 10.4. The standard InChI is InChI=1S/C12H19F2NO2/c1-11(2,3)17-10(16)9-8-5-4-7(15-9)6-12(8,13)14/h7-9,15H,4-6H2,1-3H3/t7?,8?,9-/m0/s1. The molecule has 1 aliphatic carbocycles. The maximum Gasteiger partial charge on any atom is 0.324 e. The highest BCUT2D eigenvalue weighted by atomic mass is 19.3. The van der Waals surface area contributed by atoms with Crippen LogP contribution in [0.5, 0.6) is 0 Å². The normalized spacial score (nSPS) is 35.7. The second kappa shape index (κ2) is 3.90. The molecule has 17 heavy (non-hydrogen) atoms. The molecule has 0 radical (unpaired) electrons. The molecular weight excluding hydrogens is 228 g/mol. The van der Waals surface area contributed by atoms with Crippen molar-refractivity contribution >= 4 is 5.97 Å². The highest BCUT2D eigenvalue weighted by molar-refractivity contribution is 5.77. The maximum atomic E-state index is 13.7. The van der Waals surface area contributed by atoms with Crippen LogP contribution in [0.15, 0.2) is 0 Å². The molecule has 2 aliphatic heterocycles. The van der Waals surface area contributed by atoms with Gasteiger partial charge in [-0.15, -0.1) is 0 Å². The van der Waals surface area contributed by atoms with Crippen molar-refractivity contribution in [3.8, 4) is 0 Å². The fraction of sp³-hybridized carbons (Fsp3) is 0.917. The second-order valence-electron chi connectivity index (χ2n) is 6.02. The lowest BCUT2D eigenvalue weighted by atomic mass is 9.73. The van der Waals surface area contributed by atoms with Crippen molar-refractivity contribution in [3.05, 3.63) is 0 Å². The summed E-state index contributed by atoms with van der Waals surface area (Å²) in [5.74, 6) is -4.20. The van der Waals surface area contributed by atoms with Crippen LogP contribution < -0.4 is 5.32 Å². The Balaban J connectivity index is 2.10. The fourth-order valence-electron chi connectivity index (χ4n) is 2.69. The highest BCUT2D eigenvalue weighted by Gasteiger charge is 2.56. The lowest BCUT2D eigenvalue weighted by Gasteiger charge is -2.47. The van der Waals surface area contributed by atoms with Gasteiger partial charge in [0.05, 0.1) is 0 Å². The highest BCUT2D eigenvalue weighted by Crippen LogP contribution is 2.44. The lowest BCUT2D eigenvalue weighted by Crippen LogP contribution is -2.64. The van der Waals surface area contributed by atoms with Crippen molar-refractivity contribution in [2.45, 2.75) is 63.6 Å². The molecule has 0 amide bonds. The first-order chi connectivity index (χ1) is 7.69. The summed E-state index contributed by atoms with van der Waals surface area (Å²) < 4.78 is 32.6. The number of carbonyl (C=O) groups excluding carboxylic acids is 1. The van der Waals surface area contributed by atoms with Gasteiger partial charge in [-0.3, -0.25) is 4.79 Å². The van der Waals surface area contributed by atoms with Crippen LogP contribution in [0.2, 0.25) is 0 Å². The summed E-state index contributed by atoms with van der Waals surface area (Å²) in [6, 6.07) is -1.11. The fourth-order valence-corrected chi connectivity index (χ4v) is 2.69. The SMILES string of the molecule is CC(C)(C)OC(=O)[C@H]1NC2CCC1C(F)(F)C2. The molecule has 5 heteroatoms. The minimum Gasteiger partial charge on any atom is -0.459 e. The monoisotopic (exact) mass is 247 g/mol. The van der Waals surface area contributed by atoms with E-state index in [1.54, 1.807) is 20.8 Å². The molecular formula is C12H19F2NO2. The van der Waals surface area contributed by atoms with Gasteiger partial charge in [-0.05, 0) is 33.6 Å². The van der Waals surface area contributed by atoms with Crippen molar-refractivity contribution in [2.24, 2.45) is 5.92 Å². The van der Waals surface area contributed by atoms with Gasteiger partial charge in [0.2, 0.25) is 0 Å². The average Bonchev–Trinajstić information content (AvgIpc) is 2.13. The van der Waals surface area contributed by atoms with Crippen LogP contribution in [0.1, 0.15) is 40.0 Å². The Morgan fingerprint density at radius 2 is 2.00 bits per heavy atom. The third-order valence-electron chi connectivity index (χ3n) is 3.37. The Labute approximate surface area is 99.9 Å². The molecule has 98 valence electrons. The van der Waals surface area contributed by atoms with Gasteiger partial charge in [0.1, 0.15) is 11.6 Å². The number of ether oxygens (including phenoxy) is 1. The van der Waals surface area contributed by atoms with Crippen molar-refractivity contribution in [2.75, 3.05) is 0 Å². The Morgan fingerprint density at radius 3 is 2.47 bits per heavy atom. The summed E-state index contributed by atoms with van der Waals surface area (Å²) in [4.78, 5) is 11.9. The number of halogens is 2. The van der Waals surface area contributed by atoms with Gasteiger partial charge in [-0.25, -0.2) is 8.78 Å². The molecule has 0 aromatic carbocycles. The third kappa shape index (κ3) is 2.59. The number of hydrogen-bond donors (Lipinski definition) is 1. The van der Waals surface area contributed by atoms with Gasteiger partial charge < -0.3 is 10.1 Å². The first-order valence-electron chi connectivity index (χ1n) is 6.06. The minimum atomic E-state index is -2.74. The molecule has 1 N–H and O–H groups in total. The van der Waals surface area contributed by atoms with Crippen LogP contribution in [0.3, 0.4) is 0 Å². The number of nitrogens with one attached hydrogen (secondary N) is 1. The van der Waals surface area contributed by atoms with Gasteiger partial charge in [-0.1, -0.05) is 0 Å².